The normalized spacial score (nSPS) is 11.7. The van der Waals surface area contributed by atoms with Gasteiger partial charge in [-0.3, -0.25) is 4.79 Å². The van der Waals surface area contributed by atoms with Gasteiger partial charge in [0, 0.05) is 6.54 Å². The minimum Gasteiger partial charge on any atom is -0.324 e. The Morgan fingerprint density at radius 3 is 2.81 bits per heavy atom. The Kier molecular flexibility index (Phi) is 5.51. The van der Waals surface area contributed by atoms with Crippen molar-refractivity contribution < 1.29 is 18.0 Å². The highest BCUT2D eigenvalue weighted by atomic mass is 35.5. The third-order valence-corrected chi connectivity index (χ3v) is 4.78. The summed E-state index contributed by atoms with van der Waals surface area (Å²) in [5, 5.41) is 10.8. The van der Waals surface area contributed by atoms with Crippen LogP contribution in [0, 0.1) is 0 Å². The summed E-state index contributed by atoms with van der Waals surface area (Å²) < 4.78 is 40.0. The average molecular weight is 417 g/mol. The molecule has 3 aromatic rings. The number of aromatic nitrogens is 5. The summed E-state index contributed by atoms with van der Waals surface area (Å²) in [5.41, 5.74) is -0.0176. The molecule has 0 saturated carbocycles. The smallest absolute Gasteiger partial charge is 0.324 e. The van der Waals surface area contributed by atoms with Gasteiger partial charge in [-0.25, -0.2) is 14.6 Å². The van der Waals surface area contributed by atoms with Crippen LogP contribution in [0.2, 0.25) is 5.02 Å². The predicted molar refractivity (Wildman–Crippen MR) is 94.6 cm³/mol. The van der Waals surface area contributed by atoms with E-state index in [1.165, 1.54) is 6.33 Å². The molecule has 7 nitrogen and oxygen atoms in total. The van der Waals surface area contributed by atoms with Crippen molar-refractivity contribution in [1.82, 2.24) is 25.0 Å². The van der Waals surface area contributed by atoms with E-state index in [2.05, 4.69) is 25.6 Å². The molecule has 3 rings (SSSR count). The molecule has 0 atom stereocenters. The number of nitrogens with zero attached hydrogens (tertiary/aromatic N) is 5. The van der Waals surface area contributed by atoms with Gasteiger partial charge in [0.05, 0.1) is 22.0 Å². The Morgan fingerprint density at radius 2 is 2.11 bits per heavy atom. The Balaban J connectivity index is 1.72. The zero-order valence-electron chi connectivity index (χ0n) is 13.8. The maximum atomic E-state index is 12.8. The average Bonchev–Trinajstić information content (AvgIpc) is 3.04. The molecule has 0 bridgehead atoms. The fourth-order valence-electron chi connectivity index (χ4n) is 2.21. The SMILES string of the molecule is CCn1nnc2c(SCC(=O)Nc3cc(C(F)(F)F)ccc3Cl)ncnc21. The highest BCUT2D eigenvalue weighted by Crippen LogP contribution is 2.34. The fourth-order valence-corrected chi connectivity index (χ4v) is 3.10. The molecular formula is C15H12ClF3N6OS. The molecule has 0 aliphatic rings. The van der Waals surface area contributed by atoms with Crippen molar-refractivity contribution in [2.24, 2.45) is 0 Å². The lowest BCUT2D eigenvalue weighted by molar-refractivity contribution is -0.137. The third-order valence-electron chi connectivity index (χ3n) is 3.47. The number of hydrogen-bond acceptors (Lipinski definition) is 6. The molecule has 0 saturated heterocycles. The van der Waals surface area contributed by atoms with E-state index in [1.807, 2.05) is 6.92 Å². The van der Waals surface area contributed by atoms with Gasteiger partial charge in [0.15, 0.2) is 11.2 Å². The van der Waals surface area contributed by atoms with Crippen LogP contribution in [0.15, 0.2) is 29.6 Å². The van der Waals surface area contributed by atoms with Crippen LogP contribution in [0.1, 0.15) is 12.5 Å². The number of thioether (sulfide) groups is 1. The summed E-state index contributed by atoms with van der Waals surface area (Å²) >= 11 is 6.95. The quantitative estimate of drug-likeness (QED) is 0.505. The van der Waals surface area contributed by atoms with Crippen molar-refractivity contribution >= 4 is 46.1 Å². The lowest BCUT2D eigenvalue weighted by Crippen LogP contribution is -2.15. The molecule has 0 aliphatic heterocycles. The van der Waals surface area contributed by atoms with Gasteiger partial charge in [-0.15, -0.1) is 5.10 Å². The van der Waals surface area contributed by atoms with Crippen molar-refractivity contribution in [2.75, 3.05) is 11.1 Å². The number of fused-ring (bicyclic) bond motifs is 1. The molecule has 1 aromatic carbocycles. The van der Waals surface area contributed by atoms with E-state index in [1.54, 1.807) is 4.68 Å². The summed E-state index contributed by atoms with van der Waals surface area (Å²) in [5.74, 6) is -0.631. The molecule has 0 spiro atoms. The third kappa shape index (κ3) is 4.30. The maximum absolute atomic E-state index is 12.8. The van der Waals surface area contributed by atoms with Crippen LogP contribution in [-0.2, 0) is 17.5 Å². The zero-order valence-corrected chi connectivity index (χ0v) is 15.4. The summed E-state index contributed by atoms with van der Waals surface area (Å²) in [6.45, 7) is 2.46. The predicted octanol–water partition coefficient (Wildman–Crippen LogP) is 3.64. The highest BCUT2D eigenvalue weighted by Gasteiger charge is 2.31. The first-order valence-corrected chi connectivity index (χ1v) is 8.99. The van der Waals surface area contributed by atoms with Crippen molar-refractivity contribution in [3.63, 3.8) is 0 Å². The summed E-state index contributed by atoms with van der Waals surface area (Å²) in [7, 11) is 0. The fraction of sp³-hybridized carbons (Fsp3) is 0.267. The minimum absolute atomic E-state index is 0.0108. The number of hydrogen-bond donors (Lipinski definition) is 1. The number of rotatable bonds is 5. The summed E-state index contributed by atoms with van der Waals surface area (Å²) in [4.78, 5) is 20.3. The van der Waals surface area contributed by atoms with E-state index >= 15 is 0 Å². The Morgan fingerprint density at radius 1 is 1.33 bits per heavy atom. The standard InChI is InChI=1S/C15H12ClF3N6OS/c1-2-25-13-12(23-24-25)14(21-7-20-13)27-6-11(26)22-10-5-8(15(17,18)19)3-4-9(10)16/h3-5,7H,2,6H2,1H3,(H,22,26). The van der Waals surface area contributed by atoms with E-state index < -0.39 is 17.6 Å². The van der Waals surface area contributed by atoms with Crippen LogP contribution in [0.25, 0.3) is 11.2 Å². The molecule has 12 heteroatoms. The number of alkyl halides is 3. The first kappa shape index (κ1) is 19.4. The van der Waals surface area contributed by atoms with Crippen molar-refractivity contribution in [3.05, 3.63) is 35.1 Å². The second kappa shape index (κ2) is 7.69. The van der Waals surface area contributed by atoms with Crippen molar-refractivity contribution in [3.8, 4) is 0 Å². The molecule has 142 valence electrons. The van der Waals surface area contributed by atoms with E-state index in [0.717, 1.165) is 30.0 Å². The van der Waals surface area contributed by atoms with Gasteiger partial charge in [-0.2, -0.15) is 13.2 Å². The van der Waals surface area contributed by atoms with Crippen LogP contribution in [0.3, 0.4) is 0 Å². The molecule has 1 N–H and O–H groups in total. The van der Waals surface area contributed by atoms with Gasteiger partial charge in [0.2, 0.25) is 5.91 Å². The van der Waals surface area contributed by atoms with E-state index in [0.29, 0.717) is 22.7 Å². The number of anilines is 1. The van der Waals surface area contributed by atoms with Crippen LogP contribution in [0.4, 0.5) is 18.9 Å². The summed E-state index contributed by atoms with van der Waals surface area (Å²) in [6.07, 6.45) is -3.20. The number of nitrogens with one attached hydrogen (secondary N) is 1. The zero-order chi connectivity index (χ0) is 19.6. The molecule has 0 radical (unpaired) electrons. The second-order valence-electron chi connectivity index (χ2n) is 5.29. The largest absolute Gasteiger partial charge is 0.416 e. The van der Waals surface area contributed by atoms with E-state index in [-0.39, 0.29) is 16.5 Å². The lowest BCUT2D eigenvalue weighted by atomic mass is 10.2. The highest BCUT2D eigenvalue weighted by molar-refractivity contribution is 8.00. The van der Waals surface area contributed by atoms with Crippen LogP contribution in [-0.4, -0.2) is 36.6 Å². The molecule has 2 aromatic heterocycles. The van der Waals surface area contributed by atoms with E-state index in [9.17, 15) is 18.0 Å². The number of aryl methyl sites for hydroxylation is 1. The Bertz CT molecular complexity index is 993. The number of carbonyl (C=O) groups is 1. The van der Waals surface area contributed by atoms with Crippen molar-refractivity contribution in [2.45, 2.75) is 24.7 Å². The molecule has 1 amide bonds. The molecular weight excluding hydrogens is 405 g/mol. The van der Waals surface area contributed by atoms with Gasteiger partial charge in [-0.1, -0.05) is 28.6 Å². The molecule has 0 unspecified atom stereocenters. The first-order chi connectivity index (χ1) is 12.8. The van der Waals surface area contributed by atoms with E-state index in [4.69, 9.17) is 11.6 Å². The van der Waals surface area contributed by atoms with Crippen molar-refractivity contribution in [1.29, 1.82) is 0 Å². The van der Waals surface area contributed by atoms with Crippen LogP contribution < -0.4 is 5.32 Å². The van der Waals surface area contributed by atoms with Crippen LogP contribution in [0.5, 0.6) is 0 Å². The number of benzene rings is 1. The number of halogens is 4. The van der Waals surface area contributed by atoms with Gasteiger partial charge in [-0.05, 0) is 25.1 Å². The topological polar surface area (TPSA) is 85.6 Å². The molecule has 0 aliphatic carbocycles. The van der Waals surface area contributed by atoms with Gasteiger partial charge in [0.25, 0.3) is 0 Å². The molecule has 0 fully saturated rings. The molecule has 2 heterocycles. The number of carbonyl (C=O) groups excluding carboxylic acids is 1. The monoisotopic (exact) mass is 416 g/mol. The molecule has 27 heavy (non-hydrogen) atoms. The Labute approximate surface area is 160 Å². The second-order valence-corrected chi connectivity index (χ2v) is 6.66. The minimum atomic E-state index is -4.53. The first-order valence-electron chi connectivity index (χ1n) is 7.63. The van der Waals surface area contributed by atoms with Gasteiger partial charge < -0.3 is 5.32 Å². The lowest BCUT2D eigenvalue weighted by Gasteiger charge is -2.11. The summed E-state index contributed by atoms with van der Waals surface area (Å²) in [6, 6.07) is 2.73. The Hall–Kier alpha value is -2.40. The van der Waals surface area contributed by atoms with Gasteiger partial charge in [0.1, 0.15) is 11.4 Å². The van der Waals surface area contributed by atoms with Gasteiger partial charge >= 0.3 is 6.18 Å². The van der Waals surface area contributed by atoms with Crippen LogP contribution >= 0.6 is 23.4 Å². The number of amides is 1. The maximum Gasteiger partial charge on any atom is 0.416 e.